The smallest absolute Gasteiger partial charge is 0.410 e. The number of pyridine rings is 1. The van der Waals surface area contributed by atoms with Crippen LogP contribution in [0.2, 0.25) is 5.02 Å². The first kappa shape index (κ1) is 18.1. The summed E-state index contributed by atoms with van der Waals surface area (Å²) in [7, 11) is 0. The molecule has 2 N–H and O–H groups in total. The van der Waals surface area contributed by atoms with Crippen molar-refractivity contribution in [3.8, 4) is 0 Å². The van der Waals surface area contributed by atoms with Gasteiger partial charge in [0.1, 0.15) is 5.60 Å². The molecular weight excluding hydrogens is 338 g/mol. The van der Waals surface area contributed by atoms with Crippen molar-refractivity contribution in [2.75, 3.05) is 36.8 Å². The van der Waals surface area contributed by atoms with E-state index in [0.717, 1.165) is 0 Å². The molecule has 10 heteroatoms. The first-order chi connectivity index (χ1) is 11.1. The van der Waals surface area contributed by atoms with E-state index in [0.29, 0.717) is 32.0 Å². The molecule has 1 aliphatic heterocycles. The van der Waals surface area contributed by atoms with Crippen LogP contribution in [-0.2, 0) is 4.74 Å². The molecule has 9 nitrogen and oxygen atoms in total. The fourth-order valence-corrected chi connectivity index (χ4v) is 2.54. The second-order valence-electron chi connectivity index (χ2n) is 6.41. The molecule has 0 unspecified atom stereocenters. The number of nitrogens with zero attached hydrogens (tertiary/aromatic N) is 4. The van der Waals surface area contributed by atoms with Gasteiger partial charge in [-0.25, -0.2) is 9.78 Å². The summed E-state index contributed by atoms with van der Waals surface area (Å²) in [6.45, 7) is 7.25. The maximum atomic E-state index is 12.0. The van der Waals surface area contributed by atoms with Crippen molar-refractivity contribution in [1.29, 1.82) is 0 Å². The van der Waals surface area contributed by atoms with Crippen LogP contribution in [0.3, 0.4) is 0 Å². The minimum absolute atomic E-state index is 0.154. The molecule has 0 spiro atoms. The number of nitro groups is 1. The summed E-state index contributed by atoms with van der Waals surface area (Å²) in [4.78, 5) is 29.7. The zero-order chi connectivity index (χ0) is 18.1. The lowest BCUT2D eigenvalue weighted by molar-refractivity contribution is -0.384. The van der Waals surface area contributed by atoms with Crippen molar-refractivity contribution in [3.05, 3.63) is 21.2 Å². The molecule has 1 saturated heterocycles. The lowest BCUT2D eigenvalue weighted by Crippen LogP contribution is -2.50. The lowest BCUT2D eigenvalue weighted by Gasteiger charge is -2.36. The standard InChI is InChI=1S/C14H20ClN5O4/c1-14(2,3)24-13(21)19-6-4-18(5-7-19)12-9(15)8-10(20(22)23)11(16)17-12/h8H,4-7H2,1-3H3,(H2,16,17). The molecule has 0 radical (unpaired) electrons. The Morgan fingerprint density at radius 1 is 1.38 bits per heavy atom. The van der Waals surface area contributed by atoms with Gasteiger partial charge >= 0.3 is 11.8 Å². The summed E-state index contributed by atoms with van der Waals surface area (Å²) in [5, 5.41) is 11.0. The Morgan fingerprint density at radius 2 is 1.96 bits per heavy atom. The summed E-state index contributed by atoms with van der Waals surface area (Å²) in [5.74, 6) is 0.192. The monoisotopic (exact) mass is 357 g/mol. The molecule has 132 valence electrons. The van der Waals surface area contributed by atoms with E-state index < -0.39 is 10.5 Å². The number of hydrogen-bond acceptors (Lipinski definition) is 7. The zero-order valence-electron chi connectivity index (χ0n) is 13.8. The average molecular weight is 358 g/mol. The molecule has 0 aromatic carbocycles. The van der Waals surface area contributed by atoms with E-state index in [1.165, 1.54) is 6.07 Å². The average Bonchev–Trinajstić information content (AvgIpc) is 2.47. The van der Waals surface area contributed by atoms with E-state index in [4.69, 9.17) is 22.1 Å². The highest BCUT2D eigenvalue weighted by molar-refractivity contribution is 6.33. The largest absolute Gasteiger partial charge is 0.444 e. The Balaban J connectivity index is 2.06. The summed E-state index contributed by atoms with van der Waals surface area (Å²) < 4.78 is 5.33. The molecule has 0 bridgehead atoms. The number of nitrogens with two attached hydrogens (primary N) is 1. The van der Waals surface area contributed by atoms with Crippen LogP contribution in [-0.4, -0.2) is 52.7 Å². The fraction of sp³-hybridized carbons (Fsp3) is 0.571. The predicted molar refractivity (Wildman–Crippen MR) is 90.3 cm³/mol. The summed E-state index contributed by atoms with van der Waals surface area (Å²) in [5.41, 5.74) is 4.75. The highest BCUT2D eigenvalue weighted by Crippen LogP contribution is 2.32. The number of rotatable bonds is 2. The van der Waals surface area contributed by atoms with Gasteiger partial charge < -0.3 is 20.3 Å². The highest BCUT2D eigenvalue weighted by atomic mass is 35.5. The van der Waals surface area contributed by atoms with Gasteiger partial charge in [-0.15, -0.1) is 0 Å². The van der Waals surface area contributed by atoms with Crippen LogP contribution in [0.1, 0.15) is 20.8 Å². The number of amides is 1. The number of nitrogen functional groups attached to an aromatic ring is 1. The zero-order valence-corrected chi connectivity index (χ0v) is 14.5. The molecule has 0 saturated carbocycles. The van der Waals surface area contributed by atoms with Crippen LogP contribution in [0.5, 0.6) is 0 Å². The Hall–Kier alpha value is -2.29. The van der Waals surface area contributed by atoms with Gasteiger partial charge in [0.2, 0.25) is 5.82 Å². The normalized spacial score (nSPS) is 15.3. The number of carbonyl (C=O) groups is 1. The summed E-state index contributed by atoms with van der Waals surface area (Å²) >= 11 is 6.10. The van der Waals surface area contributed by atoms with Crippen LogP contribution in [0.25, 0.3) is 0 Å². The van der Waals surface area contributed by atoms with Gasteiger partial charge in [0, 0.05) is 32.2 Å². The van der Waals surface area contributed by atoms with Crippen molar-refractivity contribution < 1.29 is 14.5 Å². The second kappa shape index (κ2) is 6.68. The first-order valence-electron chi connectivity index (χ1n) is 7.42. The van der Waals surface area contributed by atoms with Gasteiger partial charge in [-0.3, -0.25) is 10.1 Å². The minimum atomic E-state index is -0.627. The van der Waals surface area contributed by atoms with E-state index in [9.17, 15) is 14.9 Å². The minimum Gasteiger partial charge on any atom is -0.444 e. The predicted octanol–water partition coefficient (Wildman–Crippen LogP) is 2.28. The quantitative estimate of drug-likeness (QED) is 0.637. The molecule has 0 aliphatic carbocycles. The number of anilines is 2. The molecule has 0 atom stereocenters. The van der Waals surface area contributed by atoms with Gasteiger partial charge in [0.25, 0.3) is 0 Å². The number of halogens is 1. The lowest BCUT2D eigenvalue weighted by atomic mass is 10.2. The number of piperazine rings is 1. The SMILES string of the molecule is CC(C)(C)OC(=O)N1CCN(c2nc(N)c([N+](=O)[O-])cc2Cl)CC1. The van der Waals surface area contributed by atoms with E-state index in [1.807, 2.05) is 25.7 Å². The summed E-state index contributed by atoms with van der Waals surface area (Å²) in [6, 6.07) is 1.19. The Labute approximate surface area is 144 Å². The third-order valence-electron chi connectivity index (χ3n) is 3.39. The molecule has 1 amide bonds. The van der Waals surface area contributed by atoms with Crippen molar-refractivity contribution in [2.45, 2.75) is 26.4 Å². The molecule has 1 aromatic heterocycles. The van der Waals surface area contributed by atoms with Gasteiger partial charge in [0.05, 0.1) is 9.95 Å². The van der Waals surface area contributed by atoms with Crippen LogP contribution >= 0.6 is 11.6 Å². The number of ether oxygens (including phenoxy) is 1. The van der Waals surface area contributed by atoms with E-state index in [1.54, 1.807) is 4.90 Å². The van der Waals surface area contributed by atoms with Gasteiger partial charge in [-0.2, -0.15) is 0 Å². The molecule has 1 aromatic rings. The van der Waals surface area contributed by atoms with Crippen molar-refractivity contribution in [3.63, 3.8) is 0 Å². The van der Waals surface area contributed by atoms with Crippen molar-refractivity contribution >= 4 is 35.0 Å². The summed E-state index contributed by atoms with van der Waals surface area (Å²) in [6.07, 6.45) is -0.371. The van der Waals surface area contributed by atoms with Crippen LogP contribution in [0.4, 0.5) is 22.1 Å². The van der Waals surface area contributed by atoms with Crippen LogP contribution in [0.15, 0.2) is 6.07 Å². The fourth-order valence-electron chi connectivity index (χ4n) is 2.28. The maximum Gasteiger partial charge on any atom is 0.410 e. The highest BCUT2D eigenvalue weighted by Gasteiger charge is 2.28. The van der Waals surface area contributed by atoms with E-state index in [2.05, 4.69) is 4.98 Å². The van der Waals surface area contributed by atoms with Crippen LogP contribution < -0.4 is 10.6 Å². The first-order valence-corrected chi connectivity index (χ1v) is 7.79. The van der Waals surface area contributed by atoms with Gasteiger partial charge in [-0.05, 0) is 20.8 Å². The number of carbonyl (C=O) groups excluding carboxylic acids is 1. The van der Waals surface area contributed by atoms with Gasteiger partial charge in [-0.1, -0.05) is 11.6 Å². The number of aromatic nitrogens is 1. The third-order valence-corrected chi connectivity index (χ3v) is 3.67. The molecule has 1 aliphatic rings. The third kappa shape index (κ3) is 4.16. The van der Waals surface area contributed by atoms with E-state index in [-0.39, 0.29) is 22.6 Å². The van der Waals surface area contributed by atoms with Crippen molar-refractivity contribution in [1.82, 2.24) is 9.88 Å². The van der Waals surface area contributed by atoms with Crippen LogP contribution in [0, 0.1) is 10.1 Å². The van der Waals surface area contributed by atoms with Crippen molar-refractivity contribution in [2.24, 2.45) is 0 Å². The van der Waals surface area contributed by atoms with Gasteiger partial charge in [0.15, 0.2) is 5.82 Å². The molecule has 2 rings (SSSR count). The topological polar surface area (TPSA) is 115 Å². The molecule has 2 heterocycles. The Morgan fingerprint density at radius 3 is 2.46 bits per heavy atom. The Kier molecular flexibility index (Phi) is 5.02. The molecule has 24 heavy (non-hydrogen) atoms. The second-order valence-corrected chi connectivity index (χ2v) is 6.82. The molecular formula is C14H20ClN5O4. The van der Waals surface area contributed by atoms with E-state index >= 15 is 0 Å². The Bertz CT molecular complexity index is 653. The molecule has 1 fully saturated rings. The maximum absolute atomic E-state index is 12.0. The number of hydrogen-bond donors (Lipinski definition) is 1.